The smallest absolute Gasteiger partial charge is 0.112 e. The highest BCUT2D eigenvalue weighted by molar-refractivity contribution is 4.55. The van der Waals surface area contributed by atoms with Gasteiger partial charge in [0.1, 0.15) is 6.17 Å². The van der Waals surface area contributed by atoms with Crippen molar-refractivity contribution in [3.05, 3.63) is 0 Å². The summed E-state index contributed by atoms with van der Waals surface area (Å²) in [7, 11) is 0. The molecule has 0 aromatic heterocycles. The number of alkyl halides is 1. The number of hydrogen-bond donors (Lipinski definition) is 1. The van der Waals surface area contributed by atoms with Crippen molar-refractivity contribution in [1.29, 1.82) is 0 Å². The van der Waals surface area contributed by atoms with Crippen LogP contribution in [0.4, 0.5) is 4.39 Å². The van der Waals surface area contributed by atoms with Gasteiger partial charge in [-0.25, -0.2) is 4.39 Å². The summed E-state index contributed by atoms with van der Waals surface area (Å²) < 4.78 is 12.3. The Morgan fingerprint density at radius 3 is 2.56 bits per heavy atom. The maximum absolute atomic E-state index is 12.3. The van der Waals surface area contributed by atoms with Crippen LogP contribution in [0.2, 0.25) is 0 Å². The summed E-state index contributed by atoms with van der Waals surface area (Å²) in [6.45, 7) is 2.29. The molecule has 0 aromatic rings. The van der Waals surface area contributed by atoms with Crippen LogP contribution in [0.3, 0.4) is 0 Å². The topological polar surface area (TPSA) is 26.0 Å². The van der Waals surface area contributed by atoms with Crippen molar-refractivity contribution in [2.75, 3.05) is 6.54 Å². The number of rotatable bonds is 5. The molecule has 0 radical (unpaired) electrons. The molecule has 2 N–H and O–H groups in total. The second-order valence-corrected chi connectivity index (χ2v) is 2.33. The van der Waals surface area contributed by atoms with Gasteiger partial charge in [0.25, 0.3) is 0 Å². The summed E-state index contributed by atoms with van der Waals surface area (Å²) in [5.41, 5.74) is 5.08. The lowest BCUT2D eigenvalue weighted by atomic mass is 10.1. The van der Waals surface area contributed by atoms with Gasteiger partial charge in [0.2, 0.25) is 0 Å². The predicted molar refractivity (Wildman–Crippen MR) is 38.1 cm³/mol. The Labute approximate surface area is 56.4 Å². The summed E-state index contributed by atoms with van der Waals surface area (Å²) in [6, 6.07) is 0. The normalized spacial score (nSPS) is 13.7. The Bertz CT molecular complexity index is 56.9. The quantitative estimate of drug-likeness (QED) is 0.569. The minimum atomic E-state index is -0.767. The van der Waals surface area contributed by atoms with E-state index < -0.39 is 6.17 Å². The molecule has 1 atom stereocenters. The molecule has 9 heavy (non-hydrogen) atoms. The van der Waals surface area contributed by atoms with E-state index in [1.807, 2.05) is 0 Å². The Morgan fingerprint density at radius 2 is 2.11 bits per heavy atom. The van der Waals surface area contributed by atoms with Gasteiger partial charge in [0, 0.05) is 6.54 Å². The maximum atomic E-state index is 12.3. The van der Waals surface area contributed by atoms with E-state index in [2.05, 4.69) is 6.92 Å². The molecule has 0 heterocycles. The van der Waals surface area contributed by atoms with E-state index >= 15 is 0 Å². The second-order valence-electron chi connectivity index (χ2n) is 2.33. The summed E-state index contributed by atoms with van der Waals surface area (Å²) in [6.07, 6.45) is 3.13. The van der Waals surface area contributed by atoms with E-state index in [4.69, 9.17) is 5.73 Å². The fourth-order valence-corrected chi connectivity index (χ4v) is 0.734. The lowest BCUT2D eigenvalue weighted by molar-refractivity contribution is 0.313. The third kappa shape index (κ3) is 5.77. The average molecular weight is 133 g/mol. The summed E-state index contributed by atoms with van der Waals surface area (Å²) >= 11 is 0. The predicted octanol–water partition coefficient (Wildman–Crippen LogP) is 1.86. The molecule has 0 rings (SSSR count). The zero-order chi connectivity index (χ0) is 7.11. The van der Waals surface area contributed by atoms with Crippen LogP contribution in [0.25, 0.3) is 0 Å². The summed E-state index contributed by atoms with van der Waals surface area (Å²) in [5, 5.41) is 0. The molecule has 0 aromatic carbocycles. The van der Waals surface area contributed by atoms with Crippen LogP contribution in [0, 0.1) is 0 Å². The van der Waals surface area contributed by atoms with Crippen molar-refractivity contribution in [1.82, 2.24) is 0 Å². The fraction of sp³-hybridized carbons (Fsp3) is 1.00. The molecule has 1 nitrogen and oxygen atoms in total. The summed E-state index contributed by atoms with van der Waals surface area (Å²) in [5.74, 6) is 0. The molecular weight excluding hydrogens is 117 g/mol. The highest BCUT2D eigenvalue weighted by Gasteiger charge is 2.00. The van der Waals surface area contributed by atoms with Crippen molar-refractivity contribution in [2.24, 2.45) is 5.73 Å². The molecule has 0 aliphatic rings. The van der Waals surface area contributed by atoms with Gasteiger partial charge in [-0.2, -0.15) is 0 Å². The molecular formula is C7H16FN. The summed E-state index contributed by atoms with van der Waals surface area (Å²) in [4.78, 5) is 0. The van der Waals surface area contributed by atoms with E-state index in [1.165, 1.54) is 0 Å². The van der Waals surface area contributed by atoms with E-state index in [-0.39, 0.29) is 6.54 Å². The Balaban J connectivity index is 2.88. The lowest BCUT2D eigenvalue weighted by Gasteiger charge is -2.01. The maximum Gasteiger partial charge on any atom is 0.112 e. The third-order valence-corrected chi connectivity index (χ3v) is 1.38. The number of nitrogens with two attached hydrogens (primary N) is 1. The minimum Gasteiger partial charge on any atom is -0.328 e. The van der Waals surface area contributed by atoms with Crippen LogP contribution < -0.4 is 5.73 Å². The molecule has 0 fully saturated rings. The number of hydrogen-bond acceptors (Lipinski definition) is 1. The molecule has 0 amide bonds. The Morgan fingerprint density at radius 1 is 1.44 bits per heavy atom. The van der Waals surface area contributed by atoms with Crippen LogP contribution >= 0.6 is 0 Å². The van der Waals surface area contributed by atoms with Gasteiger partial charge in [-0.1, -0.05) is 26.2 Å². The standard InChI is InChI=1S/C7H16FN/c1-2-3-4-5-7(8)6-9/h7H,2-6,9H2,1H3. The van der Waals surface area contributed by atoms with Crippen LogP contribution in [0.15, 0.2) is 0 Å². The Kier molecular flexibility index (Phi) is 5.94. The van der Waals surface area contributed by atoms with Crippen LogP contribution in [-0.2, 0) is 0 Å². The fourth-order valence-electron chi connectivity index (χ4n) is 0.734. The van der Waals surface area contributed by atoms with Gasteiger partial charge in [0.15, 0.2) is 0 Å². The molecule has 2 heteroatoms. The van der Waals surface area contributed by atoms with Crippen LogP contribution in [0.5, 0.6) is 0 Å². The van der Waals surface area contributed by atoms with Gasteiger partial charge in [0.05, 0.1) is 0 Å². The van der Waals surface area contributed by atoms with E-state index in [0.29, 0.717) is 6.42 Å². The van der Waals surface area contributed by atoms with Crippen LogP contribution in [-0.4, -0.2) is 12.7 Å². The van der Waals surface area contributed by atoms with Gasteiger partial charge in [-0.3, -0.25) is 0 Å². The van der Waals surface area contributed by atoms with Crippen LogP contribution in [0.1, 0.15) is 32.6 Å². The van der Waals surface area contributed by atoms with Gasteiger partial charge < -0.3 is 5.73 Å². The van der Waals surface area contributed by atoms with Gasteiger partial charge in [-0.15, -0.1) is 0 Å². The zero-order valence-electron chi connectivity index (χ0n) is 6.07. The van der Waals surface area contributed by atoms with Gasteiger partial charge in [-0.05, 0) is 6.42 Å². The molecule has 0 bridgehead atoms. The second kappa shape index (κ2) is 6.02. The van der Waals surface area contributed by atoms with E-state index in [9.17, 15) is 4.39 Å². The molecule has 0 aliphatic heterocycles. The molecule has 0 saturated heterocycles. The third-order valence-electron chi connectivity index (χ3n) is 1.38. The number of halogens is 1. The highest BCUT2D eigenvalue weighted by Crippen LogP contribution is 2.04. The van der Waals surface area contributed by atoms with Crippen molar-refractivity contribution in [3.63, 3.8) is 0 Å². The highest BCUT2D eigenvalue weighted by atomic mass is 19.1. The van der Waals surface area contributed by atoms with E-state index in [0.717, 1.165) is 19.3 Å². The number of unbranched alkanes of at least 4 members (excludes halogenated alkanes) is 2. The monoisotopic (exact) mass is 133 g/mol. The van der Waals surface area contributed by atoms with Crippen molar-refractivity contribution in [3.8, 4) is 0 Å². The first-order valence-corrected chi connectivity index (χ1v) is 3.65. The molecule has 1 unspecified atom stereocenters. The van der Waals surface area contributed by atoms with Gasteiger partial charge >= 0.3 is 0 Å². The average Bonchev–Trinajstić information content (AvgIpc) is 1.89. The first-order chi connectivity index (χ1) is 4.31. The largest absolute Gasteiger partial charge is 0.328 e. The molecule has 0 saturated carbocycles. The molecule has 0 spiro atoms. The SMILES string of the molecule is CCCCCC(F)CN. The van der Waals surface area contributed by atoms with Crippen molar-refractivity contribution < 1.29 is 4.39 Å². The first kappa shape index (κ1) is 8.89. The minimum absolute atomic E-state index is 0.184. The van der Waals surface area contributed by atoms with E-state index in [1.54, 1.807) is 0 Å². The zero-order valence-corrected chi connectivity index (χ0v) is 6.07. The lowest BCUT2D eigenvalue weighted by Crippen LogP contribution is -2.14. The van der Waals surface area contributed by atoms with Crippen molar-refractivity contribution >= 4 is 0 Å². The molecule has 56 valence electrons. The first-order valence-electron chi connectivity index (χ1n) is 3.65. The molecule has 0 aliphatic carbocycles. The Hall–Kier alpha value is -0.110. The van der Waals surface area contributed by atoms with Crippen molar-refractivity contribution in [2.45, 2.75) is 38.8 Å².